The third kappa shape index (κ3) is 4.19. The van der Waals surface area contributed by atoms with Gasteiger partial charge < -0.3 is 10.1 Å². The topological polar surface area (TPSA) is 86.1 Å². The zero-order valence-corrected chi connectivity index (χ0v) is 21.9. The van der Waals surface area contributed by atoms with E-state index in [-0.39, 0.29) is 28.2 Å². The molecule has 0 saturated heterocycles. The molecular formula is C28H31F3N4O3. The van der Waals surface area contributed by atoms with E-state index in [0.717, 1.165) is 25.3 Å². The first-order valence-corrected chi connectivity index (χ1v) is 12.7. The van der Waals surface area contributed by atoms with Gasteiger partial charge in [0.1, 0.15) is 29.4 Å². The Labute approximate surface area is 218 Å². The first kappa shape index (κ1) is 26.3. The first-order chi connectivity index (χ1) is 18.0. The highest BCUT2D eigenvalue weighted by Crippen LogP contribution is 2.64. The minimum absolute atomic E-state index is 0.0255. The number of halogens is 3. The highest BCUT2D eigenvalue weighted by Gasteiger charge is 2.59. The number of carbonyl (C=O) groups excluding carboxylic acids is 1. The van der Waals surface area contributed by atoms with Crippen molar-refractivity contribution in [3.05, 3.63) is 63.5 Å². The number of alkyl halides is 2. The van der Waals surface area contributed by atoms with Crippen molar-refractivity contribution in [3.63, 3.8) is 0 Å². The van der Waals surface area contributed by atoms with Crippen molar-refractivity contribution < 1.29 is 22.7 Å². The maximum absolute atomic E-state index is 14.8. The van der Waals surface area contributed by atoms with Crippen LogP contribution in [-0.4, -0.2) is 27.4 Å². The Balaban J connectivity index is 1.52. The van der Waals surface area contributed by atoms with Crippen LogP contribution in [0, 0.1) is 17.2 Å². The van der Waals surface area contributed by atoms with Gasteiger partial charge in [0.15, 0.2) is 0 Å². The monoisotopic (exact) mass is 528 g/mol. The highest BCUT2D eigenvalue weighted by atomic mass is 19.3. The number of rotatable bonds is 7. The van der Waals surface area contributed by atoms with Gasteiger partial charge in [0, 0.05) is 25.6 Å². The molecule has 1 N–H and O–H groups in total. The molecule has 2 saturated carbocycles. The maximum atomic E-state index is 14.8. The van der Waals surface area contributed by atoms with Crippen LogP contribution in [0.4, 0.5) is 19.0 Å². The number of ether oxygens (including phenoxy) is 1. The van der Waals surface area contributed by atoms with Crippen LogP contribution in [0.3, 0.4) is 0 Å². The molecule has 2 atom stereocenters. The highest BCUT2D eigenvalue weighted by molar-refractivity contribution is 5.87. The van der Waals surface area contributed by atoms with E-state index in [1.807, 2.05) is 0 Å². The number of carbonyl (C=O) groups is 1. The number of Topliss-reactive ketones (excluding diaryl/α,β-unsaturated/α-hetero) is 1. The van der Waals surface area contributed by atoms with Crippen LogP contribution in [0.25, 0.3) is 11.0 Å². The fourth-order valence-electron chi connectivity index (χ4n) is 6.54. The summed E-state index contributed by atoms with van der Waals surface area (Å²) in [6, 6.07) is 4.95. The number of fused-ring (bicyclic) bond motifs is 1. The molecule has 2 fully saturated rings. The van der Waals surface area contributed by atoms with Crippen molar-refractivity contribution in [2.75, 3.05) is 12.4 Å². The summed E-state index contributed by atoms with van der Waals surface area (Å²) in [5.74, 6) is -0.360. The zero-order chi connectivity index (χ0) is 27.4. The second kappa shape index (κ2) is 9.48. The van der Waals surface area contributed by atoms with Crippen molar-refractivity contribution >= 4 is 22.6 Å². The summed E-state index contributed by atoms with van der Waals surface area (Å²) in [6.07, 6.45) is 2.23. The van der Waals surface area contributed by atoms with Crippen LogP contribution in [-0.2, 0) is 22.2 Å². The minimum atomic E-state index is -2.93. The van der Waals surface area contributed by atoms with Gasteiger partial charge in [-0.1, -0.05) is 18.2 Å². The van der Waals surface area contributed by atoms with Gasteiger partial charge in [0.2, 0.25) is 0 Å². The van der Waals surface area contributed by atoms with Gasteiger partial charge >= 0.3 is 0 Å². The lowest BCUT2D eigenvalue weighted by atomic mass is 9.55. The number of hydrogen-bond acceptors (Lipinski definition) is 6. The normalized spacial score (nSPS) is 25.6. The molecule has 0 radical (unpaired) electrons. The maximum Gasteiger partial charge on any atom is 0.266 e. The van der Waals surface area contributed by atoms with Crippen molar-refractivity contribution in [1.82, 2.24) is 14.5 Å². The fraction of sp³-hybridized carbons (Fsp3) is 0.500. The van der Waals surface area contributed by atoms with E-state index in [2.05, 4.69) is 15.3 Å². The number of nitrogens with zero attached hydrogens (tertiary/aromatic N) is 3. The average molecular weight is 529 g/mol. The third-order valence-electron chi connectivity index (χ3n) is 8.60. The lowest BCUT2D eigenvalue weighted by Crippen LogP contribution is -2.52. The van der Waals surface area contributed by atoms with E-state index in [1.165, 1.54) is 23.0 Å². The number of ketones is 1. The molecule has 0 amide bonds. The largest absolute Gasteiger partial charge is 0.373 e. The van der Waals surface area contributed by atoms with Crippen molar-refractivity contribution in [3.8, 4) is 0 Å². The Morgan fingerprint density at radius 1 is 1.24 bits per heavy atom. The Bertz CT molecular complexity index is 1470. The van der Waals surface area contributed by atoms with Crippen molar-refractivity contribution in [1.29, 1.82) is 0 Å². The molecule has 10 heteroatoms. The molecule has 7 nitrogen and oxygen atoms in total. The Morgan fingerprint density at radius 2 is 1.95 bits per heavy atom. The molecule has 0 bridgehead atoms. The molecule has 2 heterocycles. The number of nitrogens with one attached hydrogen (secondary N) is 1. The van der Waals surface area contributed by atoms with Crippen LogP contribution in [0.5, 0.6) is 0 Å². The molecule has 2 aromatic heterocycles. The summed E-state index contributed by atoms with van der Waals surface area (Å²) < 4.78 is 48.7. The molecule has 1 aromatic carbocycles. The summed E-state index contributed by atoms with van der Waals surface area (Å²) in [5, 5.41) is 3.66. The van der Waals surface area contributed by atoms with Gasteiger partial charge in [-0.2, -0.15) is 0 Å². The molecule has 3 aromatic rings. The Kier molecular flexibility index (Phi) is 6.57. The van der Waals surface area contributed by atoms with Gasteiger partial charge in [-0.15, -0.1) is 0 Å². The summed E-state index contributed by atoms with van der Waals surface area (Å²) in [4.78, 5) is 34.1. The van der Waals surface area contributed by atoms with E-state index >= 15 is 0 Å². The van der Waals surface area contributed by atoms with Crippen LogP contribution >= 0.6 is 0 Å². The quantitative estimate of drug-likeness (QED) is 0.430. The van der Waals surface area contributed by atoms with Crippen LogP contribution in [0.1, 0.15) is 75.1 Å². The molecule has 202 valence electrons. The predicted octanol–water partition coefficient (Wildman–Crippen LogP) is 5.59. The summed E-state index contributed by atoms with van der Waals surface area (Å²) in [5.41, 5.74) is -0.786. The first-order valence-electron chi connectivity index (χ1n) is 12.7. The van der Waals surface area contributed by atoms with Crippen molar-refractivity contribution in [2.24, 2.45) is 18.4 Å². The van der Waals surface area contributed by atoms with Gasteiger partial charge in [0.05, 0.1) is 28.2 Å². The number of anilines is 1. The summed E-state index contributed by atoms with van der Waals surface area (Å²) >= 11 is 0. The predicted molar refractivity (Wildman–Crippen MR) is 137 cm³/mol. The van der Waals surface area contributed by atoms with E-state index < -0.39 is 29.4 Å². The number of benzene rings is 1. The van der Waals surface area contributed by atoms with Gasteiger partial charge in [-0.25, -0.2) is 23.1 Å². The molecule has 1 unspecified atom stereocenters. The molecule has 2 aliphatic rings. The van der Waals surface area contributed by atoms with E-state index in [9.17, 15) is 22.8 Å². The fourth-order valence-corrected chi connectivity index (χ4v) is 6.54. The van der Waals surface area contributed by atoms with E-state index in [4.69, 9.17) is 4.74 Å². The molecule has 5 rings (SSSR count). The lowest BCUT2D eigenvalue weighted by molar-refractivity contribution is -0.159. The van der Waals surface area contributed by atoms with Gasteiger partial charge in [0.25, 0.3) is 12.0 Å². The Morgan fingerprint density at radius 3 is 2.58 bits per heavy atom. The van der Waals surface area contributed by atoms with Crippen LogP contribution < -0.4 is 10.9 Å². The number of aryl methyl sites for hydroxylation is 1. The molecule has 2 aliphatic carbocycles. The van der Waals surface area contributed by atoms with Crippen LogP contribution in [0.15, 0.2) is 35.4 Å². The number of hydrogen-bond donors (Lipinski definition) is 1. The average Bonchev–Trinajstić information content (AvgIpc) is 3.31. The molecule has 1 spiro atoms. The minimum Gasteiger partial charge on any atom is -0.373 e. The molecule has 0 aliphatic heterocycles. The zero-order valence-electron chi connectivity index (χ0n) is 21.9. The van der Waals surface area contributed by atoms with Crippen LogP contribution in [0.2, 0.25) is 0 Å². The van der Waals surface area contributed by atoms with Gasteiger partial charge in [-0.3, -0.25) is 14.2 Å². The van der Waals surface area contributed by atoms with Gasteiger partial charge in [-0.05, 0) is 57.4 Å². The smallest absolute Gasteiger partial charge is 0.266 e. The Hall–Kier alpha value is -3.27. The number of pyridine rings is 1. The van der Waals surface area contributed by atoms with E-state index in [0.29, 0.717) is 35.3 Å². The number of aromatic nitrogens is 3. The standard InChI is InChI=1S/C28H31F3N4O3/c1-15(18-6-5-7-19(22(18)29)23(30)31)34-24-20-10-21(26(37)35(3)25(20)33-14-32-24)28(38-4)12-27(13-28)9-8-17(11-27)16(2)36/h5-7,10,14-15,17,23H,8-9,11-13H2,1-4H3,(H,32,33,34)/t15-,17?,27?,28?/m1/s1. The SMILES string of the molecule is COC1(c2cc3c(N[C@H](C)c4cccc(C(F)F)c4F)ncnc3n(C)c2=O)CC2(CCC(C(C)=O)C2)C1. The summed E-state index contributed by atoms with van der Waals surface area (Å²) in [6.45, 7) is 3.29. The second-order valence-corrected chi connectivity index (χ2v) is 10.9. The molecule has 38 heavy (non-hydrogen) atoms. The number of methoxy groups -OCH3 is 1. The van der Waals surface area contributed by atoms with Crippen molar-refractivity contribution in [2.45, 2.75) is 64.0 Å². The molecular weight excluding hydrogens is 497 g/mol. The second-order valence-electron chi connectivity index (χ2n) is 10.9. The summed E-state index contributed by atoms with van der Waals surface area (Å²) in [7, 11) is 3.22. The third-order valence-corrected chi connectivity index (χ3v) is 8.60. The van der Waals surface area contributed by atoms with E-state index in [1.54, 1.807) is 34.1 Å². The lowest BCUT2D eigenvalue weighted by Gasteiger charge is -2.54.